The number of anilines is 2. The van der Waals surface area contributed by atoms with Crippen molar-refractivity contribution in [1.82, 2.24) is 0 Å². The monoisotopic (exact) mass is 486 g/mol. The van der Waals surface area contributed by atoms with E-state index in [-0.39, 0.29) is 5.54 Å². The maximum Gasteiger partial charge on any atom is 0.127 e. The molecule has 0 saturated heterocycles. The third-order valence-corrected chi connectivity index (χ3v) is 7.37. The van der Waals surface area contributed by atoms with E-state index in [4.69, 9.17) is 20.9 Å². The second-order valence-electron chi connectivity index (χ2n) is 8.42. The Bertz CT molecular complexity index is 1300. The van der Waals surface area contributed by atoms with Gasteiger partial charge in [0.15, 0.2) is 0 Å². The summed E-state index contributed by atoms with van der Waals surface area (Å²) in [5.41, 5.74) is 15.7. The minimum absolute atomic E-state index is 0.212. The van der Waals surface area contributed by atoms with E-state index in [1.54, 1.807) is 0 Å². The normalized spacial score (nSPS) is 10.8. The lowest BCUT2D eigenvalue weighted by Gasteiger charge is -2.19. The molecule has 0 bridgehead atoms. The first-order valence-corrected chi connectivity index (χ1v) is 12.8. The molecule has 0 aliphatic rings. The molecule has 0 aliphatic carbocycles. The molecule has 36 heavy (non-hydrogen) atoms. The van der Waals surface area contributed by atoms with Crippen LogP contribution < -0.4 is 26.1 Å². The van der Waals surface area contributed by atoms with Gasteiger partial charge in [0.05, 0.1) is 9.52 Å². The van der Waals surface area contributed by atoms with Crippen LogP contribution in [0.3, 0.4) is 0 Å². The highest BCUT2D eigenvalue weighted by molar-refractivity contribution is 6.55. The third kappa shape index (κ3) is 5.95. The molecule has 4 N–H and O–H groups in total. The lowest BCUT2D eigenvalue weighted by atomic mass is 10.0. The van der Waals surface area contributed by atoms with Gasteiger partial charge in [0.2, 0.25) is 0 Å². The molecule has 5 aromatic carbocycles. The number of hydrogen-bond acceptors (Lipinski definition) is 4. The number of nitrogen functional groups attached to an aromatic ring is 2. The molecular formula is C31H26N2O2Si. The number of rotatable bonds is 8. The molecule has 0 aliphatic heterocycles. The number of nitrogens with two attached hydrogens (primary N) is 2. The maximum absolute atomic E-state index is 5.99. The lowest BCUT2D eigenvalue weighted by Crippen LogP contribution is -2.22. The van der Waals surface area contributed by atoms with Crippen LogP contribution in [0.4, 0.5) is 11.4 Å². The molecule has 0 fully saturated rings. The maximum atomic E-state index is 5.99. The average Bonchev–Trinajstić information content (AvgIpc) is 2.92. The molecule has 5 rings (SSSR count). The van der Waals surface area contributed by atoms with E-state index in [9.17, 15) is 0 Å². The van der Waals surface area contributed by atoms with Crippen LogP contribution >= 0.6 is 0 Å². The van der Waals surface area contributed by atoms with E-state index in [1.165, 1.54) is 16.3 Å². The molecule has 0 unspecified atom stereocenters. The zero-order chi connectivity index (χ0) is 24.7. The van der Waals surface area contributed by atoms with Gasteiger partial charge in [-0.1, -0.05) is 59.8 Å². The first-order valence-electron chi connectivity index (χ1n) is 11.7. The molecule has 4 nitrogen and oxygen atoms in total. The van der Waals surface area contributed by atoms with Gasteiger partial charge in [-0.15, -0.1) is 0 Å². The summed E-state index contributed by atoms with van der Waals surface area (Å²) in [7, 11) is 0.579. The third-order valence-electron chi connectivity index (χ3n) is 5.74. The minimum atomic E-state index is 0.212. The van der Waals surface area contributed by atoms with Gasteiger partial charge in [0, 0.05) is 16.9 Å². The van der Waals surface area contributed by atoms with Crippen molar-refractivity contribution in [3.63, 3.8) is 0 Å². The van der Waals surface area contributed by atoms with Gasteiger partial charge in [-0.2, -0.15) is 0 Å². The fraction of sp³-hybridized carbons (Fsp3) is 0.0323. The van der Waals surface area contributed by atoms with Gasteiger partial charge < -0.3 is 20.9 Å². The van der Waals surface area contributed by atoms with Crippen molar-refractivity contribution < 1.29 is 9.47 Å². The fourth-order valence-corrected chi connectivity index (χ4v) is 5.30. The van der Waals surface area contributed by atoms with Gasteiger partial charge in [-0.25, -0.2) is 0 Å². The van der Waals surface area contributed by atoms with Crippen molar-refractivity contribution in [3.05, 3.63) is 139 Å². The van der Waals surface area contributed by atoms with Crippen molar-refractivity contribution in [2.75, 3.05) is 11.5 Å². The van der Waals surface area contributed by atoms with Crippen LogP contribution in [0.25, 0.3) is 0 Å². The largest absolute Gasteiger partial charge is 0.457 e. The number of benzene rings is 5. The SMILES string of the molecule is Nc1ccc(Oc2ccc(C([Si]c3ccccc3)c3ccc(Oc4ccc(N)cc4)cc3)cc2)cc1. The molecule has 0 saturated carbocycles. The van der Waals surface area contributed by atoms with E-state index in [1.807, 2.05) is 72.8 Å². The van der Waals surface area contributed by atoms with Crippen LogP contribution in [0.5, 0.6) is 23.0 Å². The van der Waals surface area contributed by atoms with Crippen LogP contribution in [0.1, 0.15) is 16.7 Å². The van der Waals surface area contributed by atoms with Gasteiger partial charge in [0.25, 0.3) is 0 Å². The highest BCUT2D eigenvalue weighted by Crippen LogP contribution is 2.30. The van der Waals surface area contributed by atoms with Gasteiger partial charge in [0.1, 0.15) is 23.0 Å². The van der Waals surface area contributed by atoms with E-state index >= 15 is 0 Å². The number of ether oxygens (including phenoxy) is 2. The topological polar surface area (TPSA) is 70.5 Å². The van der Waals surface area contributed by atoms with Crippen LogP contribution in [0.2, 0.25) is 0 Å². The zero-order valence-corrected chi connectivity index (χ0v) is 20.7. The second-order valence-corrected chi connectivity index (χ2v) is 9.87. The Morgan fingerprint density at radius 1 is 0.444 bits per heavy atom. The molecule has 2 radical (unpaired) electrons. The first kappa shape index (κ1) is 23.3. The second kappa shape index (κ2) is 10.8. The molecule has 0 aromatic heterocycles. The predicted molar refractivity (Wildman–Crippen MR) is 148 cm³/mol. The Balaban J connectivity index is 1.37. The summed E-state index contributed by atoms with van der Waals surface area (Å²) in [4.78, 5) is 0. The van der Waals surface area contributed by atoms with E-state index in [2.05, 4.69) is 54.6 Å². The molecule has 0 heterocycles. The van der Waals surface area contributed by atoms with Crippen molar-refractivity contribution in [1.29, 1.82) is 0 Å². The molecule has 0 spiro atoms. The van der Waals surface area contributed by atoms with Crippen LogP contribution in [-0.4, -0.2) is 9.52 Å². The Morgan fingerprint density at radius 2 is 0.806 bits per heavy atom. The van der Waals surface area contributed by atoms with E-state index in [0.29, 0.717) is 20.9 Å². The fourth-order valence-electron chi connectivity index (χ4n) is 3.86. The Labute approximate surface area is 214 Å². The van der Waals surface area contributed by atoms with E-state index < -0.39 is 0 Å². The van der Waals surface area contributed by atoms with E-state index in [0.717, 1.165) is 23.0 Å². The van der Waals surface area contributed by atoms with Crippen molar-refractivity contribution >= 4 is 26.1 Å². The molecule has 5 aromatic rings. The smallest absolute Gasteiger partial charge is 0.127 e. The van der Waals surface area contributed by atoms with Gasteiger partial charge >= 0.3 is 0 Å². The summed E-state index contributed by atoms with van der Waals surface area (Å²) in [6.07, 6.45) is 0. The van der Waals surface area contributed by atoms with Crippen molar-refractivity contribution in [2.24, 2.45) is 0 Å². The molecule has 176 valence electrons. The van der Waals surface area contributed by atoms with Gasteiger partial charge in [-0.05, 0) is 83.9 Å². The standard InChI is InChI=1S/C31H26N2O2Si/c32-24-10-18-28(19-11-24)34-26-14-6-22(7-15-26)31(36-30-4-2-1-3-5-30)23-8-16-27(17-9-23)35-29-20-12-25(33)13-21-29/h1-21,31H,32-33H2. The molecule has 0 amide bonds. The zero-order valence-electron chi connectivity index (χ0n) is 19.7. The van der Waals surface area contributed by atoms with Crippen molar-refractivity contribution in [3.8, 4) is 23.0 Å². The van der Waals surface area contributed by atoms with Crippen LogP contribution in [-0.2, 0) is 0 Å². The Morgan fingerprint density at radius 3 is 1.19 bits per heavy atom. The van der Waals surface area contributed by atoms with Gasteiger partial charge in [-0.3, -0.25) is 0 Å². The van der Waals surface area contributed by atoms with Crippen molar-refractivity contribution in [2.45, 2.75) is 5.54 Å². The quantitative estimate of drug-likeness (QED) is 0.193. The summed E-state index contributed by atoms with van der Waals surface area (Å²) < 4.78 is 12.0. The Hall–Kier alpha value is -4.48. The Kier molecular flexibility index (Phi) is 7.01. The highest BCUT2D eigenvalue weighted by Gasteiger charge is 2.17. The molecule has 0 atom stereocenters. The average molecular weight is 487 g/mol. The number of hydrogen-bond donors (Lipinski definition) is 2. The summed E-state index contributed by atoms with van der Waals surface area (Å²) in [6, 6.07) is 42.1. The summed E-state index contributed by atoms with van der Waals surface area (Å²) in [5.74, 6) is 3.10. The lowest BCUT2D eigenvalue weighted by molar-refractivity contribution is 0.482. The highest BCUT2D eigenvalue weighted by atomic mass is 28.2. The summed E-state index contributed by atoms with van der Waals surface area (Å²) in [6.45, 7) is 0. The predicted octanol–water partition coefficient (Wildman–Crippen LogP) is 6.55. The van der Waals surface area contributed by atoms with Crippen LogP contribution in [0, 0.1) is 0 Å². The first-order chi connectivity index (χ1) is 17.6. The van der Waals surface area contributed by atoms with Crippen LogP contribution in [0.15, 0.2) is 127 Å². The minimum Gasteiger partial charge on any atom is -0.457 e. The summed E-state index contributed by atoms with van der Waals surface area (Å²) in [5, 5.41) is 1.31. The molecule has 5 heteroatoms. The summed E-state index contributed by atoms with van der Waals surface area (Å²) >= 11 is 0. The molecular weight excluding hydrogens is 460 g/mol.